The van der Waals surface area contributed by atoms with Crippen LogP contribution in [0.1, 0.15) is 42.5 Å². The van der Waals surface area contributed by atoms with Gasteiger partial charge in [-0.3, -0.25) is 14.9 Å². The lowest BCUT2D eigenvalue weighted by Crippen LogP contribution is -2.48. The first-order valence-electron chi connectivity index (χ1n) is 6.65. The molecule has 0 saturated heterocycles. The molecule has 1 N–H and O–H groups in total. The second-order valence-corrected chi connectivity index (χ2v) is 5.13. The molecule has 1 aliphatic rings. The molecule has 0 bridgehead atoms. The largest absolute Gasteiger partial charge is 0.334 e. The van der Waals surface area contributed by atoms with Crippen LogP contribution in [-0.4, -0.2) is 16.4 Å². The van der Waals surface area contributed by atoms with E-state index in [0.717, 1.165) is 31.4 Å². The number of halogens is 1. The number of nitriles is 1. The van der Waals surface area contributed by atoms with Crippen molar-refractivity contribution < 1.29 is 14.1 Å². The summed E-state index contributed by atoms with van der Waals surface area (Å²) < 4.78 is 13.8. The van der Waals surface area contributed by atoms with Crippen LogP contribution in [0, 0.1) is 27.3 Å². The number of nitro groups is 1. The molecule has 1 saturated carbocycles. The Bertz CT molecular complexity index is 618. The first-order valence-corrected chi connectivity index (χ1v) is 6.65. The molecule has 7 heteroatoms. The molecule has 0 aromatic heterocycles. The molecule has 21 heavy (non-hydrogen) atoms. The molecule has 6 nitrogen and oxygen atoms in total. The van der Waals surface area contributed by atoms with Crippen molar-refractivity contribution in [1.82, 2.24) is 5.32 Å². The lowest BCUT2D eigenvalue weighted by molar-refractivity contribution is -0.385. The third kappa shape index (κ3) is 3.16. The first-order chi connectivity index (χ1) is 9.97. The van der Waals surface area contributed by atoms with Gasteiger partial charge < -0.3 is 5.32 Å². The van der Waals surface area contributed by atoms with Crippen LogP contribution in [-0.2, 0) is 0 Å². The van der Waals surface area contributed by atoms with Crippen LogP contribution < -0.4 is 5.32 Å². The van der Waals surface area contributed by atoms with Crippen molar-refractivity contribution in [2.45, 2.75) is 37.6 Å². The zero-order valence-electron chi connectivity index (χ0n) is 11.3. The summed E-state index contributed by atoms with van der Waals surface area (Å²) in [5.74, 6) is -1.68. The van der Waals surface area contributed by atoms with Gasteiger partial charge in [-0.25, -0.2) is 4.39 Å². The first kappa shape index (κ1) is 14.9. The third-order valence-electron chi connectivity index (χ3n) is 3.68. The SMILES string of the molecule is N#CC1(NC(=O)c2ccc([N+](=O)[O-])cc2F)CCCCC1. The molecule has 1 aromatic carbocycles. The number of carbonyl (C=O) groups excluding carboxylic acids is 1. The van der Waals surface area contributed by atoms with Gasteiger partial charge in [0.1, 0.15) is 11.4 Å². The monoisotopic (exact) mass is 291 g/mol. The lowest BCUT2D eigenvalue weighted by Gasteiger charge is -2.31. The number of nitrogens with zero attached hydrogens (tertiary/aromatic N) is 2. The zero-order chi connectivity index (χ0) is 15.5. The minimum atomic E-state index is -0.969. The topological polar surface area (TPSA) is 96.0 Å². The van der Waals surface area contributed by atoms with Gasteiger partial charge in [0.25, 0.3) is 11.6 Å². The molecule has 0 aliphatic heterocycles. The Kier molecular flexibility index (Phi) is 4.17. The second-order valence-electron chi connectivity index (χ2n) is 5.13. The van der Waals surface area contributed by atoms with Crippen molar-refractivity contribution in [3.8, 4) is 6.07 Å². The maximum atomic E-state index is 13.8. The van der Waals surface area contributed by atoms with E-state index in [1.54, 1.807) is 0 Å². The highest BCUT2D eigenvalue weighted by Crippen LogP contribution is 2.28. The quantitative estimate of drug-likeness (QED) is 0.684. The Hall–Kier alpha value is -2.49. The van der Waals surface area contributed by atoms with Crippen LogP contribution in [0.15, 0.2) is 18.2 Å². The summed E-state index contributed by atoms with van der Waals surface area (Å²) in [6.45, 7) is 0. The van der Waals surface area contributed by atoms with E-state index < -0.39 is 27.9 Å². The van der Waals surface area contributed by atoms with E-state index in [-0.39, 0.29) is 5.56 Å². The van der Waals surface area contributed by atoms with Gasteiger partial charge in [0, 0.05) is 6.07 Å². The van der Waals surface area contributed by atoms with E-state index in [9.17, 15) is 24.6 Å². The molecule has 1 amide bonds. The van der Waals surface area contributed by atoms with Crippen LogP contribution in [0.25, 0.3) is 0 Å². The number of benzene rings is 1. The summed E-state index contributed by atoms with van der Waals surface area (Å²) in [6.07, 6.45) is 3.73. The Morgan fingerprint density at radius 3 is 2.57 bits per heavy atom. The summed E-state index contributed by atoms with van der Waals surface area (Å²) in [5.41, 5.74) is -1.68. The smallest absolute Gasteiger partial charge is 0.272 e. The molecule has 2 rings (SSSR count). The summed E-state index contributed by atoms with van der Waals surface area (Å²) in [7, 11) is 0. The van der Waals surface area contributed by atoms with E-state index >= 15 is 0 Å². The van der Waals surface area contributed by atoms with Crippen molar-refractivity contribution in [1.29, 1.82) is 5.26 Å². The van der Waals surface area contributed by atoms with Crippen LogP contribution in [0.3, 0.4) is 0 Å². The maximum Gasteiger partial charge on any atom is 0.272 e. The highest BCUT2D eigenvalue weighted by Gasteiger charge is 2.34. The van der Waals surface area contributed by atoms with Crippen molar-refractivity contribution in [2.24, 2.45) is 0 Å². The Labute approximate surface area is 120 Å². The molecule has 1 fully saturated rings. The van der Waals surface area contributed by atoms with Crippen LogP contribution in [0.5, 0.6) is 0 Å². The van der Waals surface area contributed by atoms with Crippen LogP contribution >= 0.6 is 0 Å². The van der Waals surface area contributed by atoms with Crippen LogP contribution in [0.4, 0.5) is 10.1 Å². The van der Waals surface area contributed by atoms with Gasteiger partial charge >= 0.3 is 0 Å². The molecular formula is C14H14FN3O3. The average molecular weight is 291 g/mol. The Balaban J connectivity index is 2.20. The molecule has 0 unspecified atom stereocenters. The number of non-ortho nitro benzene ring substituents is 1. The molecule has 1 aliphatic carbocycles. The average Bonchev–Trinajstić information content (AvgIpc) is 2.47. The number of rotatable bonds is 3. The number of nitro benzene ring substituents is 1. The Morgan fingerprint density at radius 2 is 2.05 bits per heavy atom. The second kappa shape index (κ2) is 5.87. The standard InChI is InChI=1S/C14H14FN3O3/c15-12-8-10(18(20)21)4-5-11(12)13(19)17-14(9-16)6-2-1-3-7-14/h4-5,8H,1-3,6-7H2,(H,17,19). The van der Waals surface area contributed by atoms with Crippen molar-refractivity contribution in [2.75, 3.05) is 0 Å². The van der Waals surface area contributed by atoms with Crippen molar-refractivity contribution >= 4 is 11.6 Å². The number of nitrogens with one attached hydrogen (secondary N) is 1. The van der Waals surface area contributed by atoms with E-state index in [4.69, 9.17) is 0 Å². The number of amides is 1. The number of carbonyl (C=O) groups is 1. The fraction of sp³-hybridized carbons (Fsp3) is 0.429. The predicted octanol–water partition coefficient (Wildman–Crippen LogP) is 2.69. The maximum absolute atomic E-state index is 13.8. The van der Waals surface area contributed by atoms with Gasteiger partial charge in [0.2, 0.25) is 0 Å². The molecule has 0 atom stereocenters. The van der Waals surface area contributed by atoms with Gasteiger partial charge in [0.05, 0.1) is 22.6 Å². The van der Waals surface area contributed by atoms with E-state index in [1.165, 1.54) is 0 Å². The minimum Gasteiger partial charge on any atom is -0.334 e. The van der Waals surface area contributed by atoms with E-state index in [0.29, 0.717) is 18.9 Å². The molecule has 0 radical (unpaired) electrons. The van der Waals surface area contributed by atoms with Gasteiger partial charge in [-0.05, 0) is 18.9 Å². The summed E-state index contributed by atoms with van der Waals surface area (Å²) in [4.78, 5) is 21.9. The van der Waals surface area contributed by atoms with Gasteiger partial charge in [0.15, 0.2) is 0 Å². The highest BCUT2D eigenvalue weighted by molar-refractivity contribution is 5.95. The fourth-order valence-corrected chi connectivity index (χ4v) is 2.51. The molecule has 0 spiro atoms. The van der Waals surface area contributed by atoms with E-state index in [2.05, 4.69) is 11.4 Å². The predicted molar refractivity (Wildman–Crippen MR) is 71.9 cm³/mol. The summed E-state index contributed by atoms with van der Waals surface area (Å²) >= 11 is 0. The summed E-state index contributed by atoms with van der Waals surface area (Å²) in [5, 5.41) is 22.4. The normalized spacial score (nSPS) is 16.8. The van der Waals surface area contributed by atoms with Gasteiger partial charge in [-0.15, -0.1) is 0 Å². The third-order valence-corrected chi connectivity index (χ3v) is 3.68. The number of hydrogen-bond acceptors (Lipinski definition) is 4. The summed E-state index contributed by atoms with van der Waals surface area (Å²) in [6, 6.07) is 4.94. The fourth-order valence-electron chi connectivity index (χ4n) is 2.51. The molecular weight excluding hydrogens is 277 g/mol. The lowest BCUT2D eigenvalue weighted by atomic mass is 9.82. The molecule has 110 valence electrons. The molecule has 1 aromatic rings. The van der Waals surface area contributed by atoms with Crippen molar-refractivity contribution in [3.05, 3.63) is 39.7 Å². The number of hydrogen-bond donors (Lipinski definition) is 1. The van der Waals surface area contributed by atoms with Crippen LogP contribution in [0.2, 0.25) is 0 Å². The van der Waals surface area contributed by atoms with Crippen molar-refractivity contribution in [3.63, 3.8) is 0 Å². The zero-order valence-corrected chi connectivity index (χ0v) is 11.3. The molecule has 0 heterocycles. The van der Waals surface area contributed by atoms with E-state index in [1.807, 2.05) is 0 Å². The minimum absolute atomic E-state index is 0.291. The Morgan fingerprint density at radius 1 is 1.38 bits per heavy atom. The highest BCUT2D eigenvalue weighted by atomic mass is 19.1. The van der Waals surface area contributed by atoms with Gasteiger partial charge in [-0.1, -0.05) is 19.3 Å². The van der Waals surface area contributed by atoms with Gasteiger partial charge in [-0.2, -0.15) is 5.26 Å².